The van der Waals surface area contributed by atoms with Gasteiger partial charge < -0.3 is 30.8 Å². The molecule has 0 saturated carbocycles. The highest BCUT2D eigenvalue weighted by Crippen LogP contribution is 2.21. The predicted molar refractivity (Wildman–Crippen MR) is 234 cm³/mol. The number of H-pyrrole nitrogens is 1. The molecule has 0 aliphatic rings. The molecule has 0 aliphatic heterocycles. The van der Waals surface area contributed by atoms with Crippen molar-refractivity contribution in [3.05, 3.63) is 90.3 Å². The Kier molecular flexibility index (Phi) is 18.5. The van der Waals surface area contributed by atoms with Gasteiger partial charge in [-0.2, -0.15) is 0 Å². The molecule has 6 aromatic rings. The van der Waals surface area contributed by atoms with E-state index in [1.807, 2.05) is 39.1 Å². The molecule has 17 nitrogen and oxygen atoms in total. The topological polar surface area (TPSA) is 235 Å². The molecule has 0 aliphatic carbocycles. The molecule has 0 saturated heterocycles. The van der Waals surface area contributed by atoms with Crippen molar-refractivity contribution in [2.45, 2.75) is 72.4 Å². The number of pyridine rings is 3. The summed E-state index contributed by atoms with van der Waals surface area (Å²) in [5, 5.41) is 8.04. The molecule has 0 aromatic carbocycles. The van der Waals surface area contributed by atoms with Crippen LogP contribution in [0.15, 0.2) is 73.6 Å². The average molecular weight is 918 g/mol. The summed E-state index contributed by atoms with van der Waals surface area (Å²) in [5.41, 5.74) is 8.74. The molecule has 0 bridgehead atoms. The van der Waals surface area contributed by atoms with Crippen LogP contribution >= 0.6 is 23.2 Å². The Hall–Kier alpha value is -5.02. The summed E-state index contributed by atoms with van der Waals surface area (Å²) in [4.78, 5) is 38.6. The van der Waals surface area contributed by atoms with E-state index in [0.717, 1.165) is 53.6 Å². The summed E-state index contributed by atoms with van der Waals surface area (Å²) < 4.78 is 74.3. The summed E-state index contributed by atoms with van der Waals surface area (Å²) in [7, 11) is -7.71. The molecule has 6 aromatic heterocycles. The van der Waals surface area contributed by atoms with Gasteiger partial charge in [-0.3, -0.25) is 4.39 Å². The third-order valence-corrected chi connectivity index (χ3v) is 9.44. The van der Waals surface area contributed by atoms with Crippen molar-refractivity contribution >= 4 is 88.5 Å². The fraction of sp³-hybridized carbons (Fsp3) is 0.395. The second kappa shape index (κ2) is 22.5. The lowest BCUT2D eigenvalue weighted by molar-refractivity contribution is 0.0512. The van der Waals surface area contributed by atoms with Crippen LogP contribution in [0.5, 0.6) is 0 Å². The largest absolute Gasteiger partial charge is 0.444 e. The fourth-order valence-corrected chi connectivity index (χ4v) is 6.63. The van der Waals surface area contributed by atoms with Gasteiger partial charge in [0.2, 0.25) is 20.0 Å². The number of ether oxygens (including phenoxy) is 2. The van der Waals surface area contributed by atoms with Crippen LogP contribution in [0.2, 0.25) is 0 Å². The van der Waals surface area contributed by atoms with Crippen molar-refractivity contribution in [2.24, 2.45) is 5.73 Å². The number of hydrogen-bond donors (Lipinski definition) is 4. The van der Waals surface area contributed by atoms with Gasteiger partial charge >= 0.3 is 12.2 Å². The Balaban J connectivity index is 0.000000299. The summed E-state index contributed by atoms with van der Waals surface area (Å²) in [6.45, 7) is 11.9. The van der Waals surface area contributed by atoms with Gasteiger partial charge in [0.1, 0.15) is 16.8 Å². The maximum atomic E-state index is 11.7. The van der Waals surface area contributed by atoms with Crippen LogP contribution in [0, 0.1) is 0 Å². The van der Waals surface area contributed by atoms with Crippen LogP contribution < -0.4 is 16.4 Å². The number of nitrogens with zero attached hydrogens (tertiary/aromatic N) is 5. The number of aromatic nitrogens is 6. The van der Waals surface area contributed by atoms with Gasteiger partial charge in [0.25, 0.3) is 0 Å². The minimum Gasteiger partial charge on any atom is -0.444 e. The minimum absolute atomic E-state index is 0.194. The number of alkyl carbamates (subject to hydrolysis) is 2. The van der Waals surface area contributed by atoms with Crippen molar-refractivity contribution in [2.75, 3.05) is 25.0 Å². The van der Waals surface area contributed by atoms with E-state index in [1.54, 1.807) is 57.4 Å². The highest BCUT2D eigenvalue weighted by atomic mass is 35.5. The quantitative estimate of drug-likeness (QED) is 0.122. The zero-order chi connectivity index (χ0) is 46.2. The number of amides is 2. The van der Waals surface area contributed by atoms with Crippen molar-refractivity contribution in [3.63, 3.8) is 0 Å². The third-order valence-electron chi connectivity index (χ3n) is 7.42. The first-order valence-electron chi connectivity index (χ1n) is 18.4. The van der Waals surface area contributed by atoms with Crippen LogP contribution in [0.25, 0.3) is 33.1 Å². The zero-order valence-corrected chi connectivity index (χ0v) is 37.6. The maximum Gasteiger partial charge on any atom is 0.407 e. The van der Waals surface area contributed by atoms with E-state index in [0.29, 0.717) is 29.8 Å². The van der Waals surface area contributed by atoms with Crippen molar-refractivity contribution in [1.82, 2.24) is 38.5 Å². The summed E-state index contributed by atoms with van der Waals surface area (Å²) in [6.07, 6.45) is 10.9. The number of carbonyl (C=O) groups is 2. The Morgan fingerprint density at radius 2 is 1.13 bits per heavy atom. The standard InChI is InChI=1S/C14H19N3O4S.C13H17N3O2.C9H11N3O2S.CH2Cl2.CH3F/c1-14(2,3)21-13(18)16-9-10-5-7-15-12-11(10)6-8-17(12)22(4,19)20;1-13(2,3)18-12(17)16-8-9-4-6-14-11-10(9)5-7-15-11;1-15(13,14)12-5-3-8-7(6-10)2-4-11-9(8)12;2-1-3;1-2/h5-8H,9H2,1-4H3,(H,16,18);4-7H,8H2,1-3H3,(H,14,15)(H,16,17);2-5H,6,10H2,1H3;1H2;1H3/i;;;;1D. The van der Waals surface area contributed by atoms with Crippen molar-refractivity contribution in [3.8, 4) is 0 Å². The SMILES string of the molecule is CC(C)(C)OC(=O)NCc1ccnc2[nH]ccc12.CC(C)(C)OC(=O)NCc1ccnc2c1ccn2S(C)(=O)=O.CS(=O)(=O)n1ccc2c(CN)ccnc21.ClCCl.[2H]CF. The molecule has 6 heterocycles. The minimum atomic E-state index is -3.42. The van der Waals surface area contributed by atoms with Crippen LogP contribution in [0.4, 0.5) is 14.0 Å². The third kappa shape index (κ3) is 15.9. The van der Waals surface area contributed by atoms with Crippen LogP contribution in [-0.4, -0.2) is 93.1 Å². The maximum absolute atomic E-state index is 11.7. The van der Waals surface area contributed by atoms with Gasteiger partial charge in [0, 0.05) is 73.0 Å². The molecule has 0 atom stereocenters. The molecule has 0 radical (unpaired) electrons. The molecule has 6 rings (SSSR count). The number of fused-ring (bicyclic) bond motifs is 3. The summed E-state index contributed by atoms with van der Waals surface area (Å²) in [5.74, 6) is 0. The highest BCUT2D eigenvalue weighted by molar-refractivity contribution is 7.89. The van der Waals surface area contributed by atoms with E-state index in [9.17, 15) is 30.8 Å². The Labute approximate surface area is 360 Å². The van der Waals surface area contributed by atoms with Gasteiger partial charge in [0.05, 0.1) is 26.4 Å². The van der Waals surface area contributed by atoms with Gasteiger partial charge in [-0.25, -0.2) is 49.3 Å². The zero-order valence-electron chi connectivity index (χ0n) is 35.5. The first-order valence-corrected chi connectivity index (χ1v) is 22.5. The number of carbonyl (C=O) groups excluding carboxylic acids is 2. The normalized spacial score (nSPS) is 11.6. The molecule has 0 spiro atoms. The Morgan fingerprint density at radius 1 is 0.750 bits per heavy atom. The molecule has 2 amide bonds. The van der Waals surface area contributed by atoms with Gasteiger partial charge in [-0.1, -0.05) is 0 Å². The monoisotopic (exact) mass is 916 g/mol. The van der Waals surface area contributed by atoms with Gasteiger partial charge in [-0.05, 0) is 94.6 Å². The number of halogens is 3. The molecule has 0 unspecified atom stereocenters. The number of aromatic amines is 1. The van der Waals surface area contributed by atoms with E-state index < -0.39 is 50.6 Å². The first-order chi connectivity index (χ1) is 28.4. The number of rotatable bonds is 7. The Bertz CT molecular complexity index is 2570. The highest BCUT2D eigenvalue weighted by Gasteiger charge is 2.18. The van der Waals surface area contributed by atoms with E-state index in [1.165, 1.54) is 18.6 Å². The first kappa shape index (κ1) is 49.3. The van der Waals surface area contributed by atoms with Crippen LogP contribution in [0.3, 0.4) is 0 Å². The molecule has 5 N–H and O–H groups in total. The van der Waals surface area contributed by atoms with E-state index >= 15 is 0 Å². The lowest BCUT2D eigenvalue weighted by Gasteiger charge is -2.19. The molecular formula is C38H52Cl2FN9O8S2. The molecule has 22 heteroatoms. The lowest BCUT2D eigenvalue weighted by Crippen LogP contribution is -2.32. The van der Waals surface area contributed by atoms with E-state index in [4.69, 9.17) is 39.8 Å². The van der Waals surface area contributed by atoms with Crippen LogP contribution in [0.1, 0.15) is 59.6 Å². The molecule has 0 fully saturated rings. The van der Waals surface area contributed by atoms with Gasteiger partial charge in [-0.15, -0.1) is 23.2 Å². The lowest BCUT2D eigenvalue weighted by atomic mass is 10.2. The summed E-state index contributed by atoms with van der Waals surface area (Å²) >= 11 is 9.53. The fourth-order valence-electron chi connectivity index (χ4n) is 5.14. The average Bonchev–Trinajstić information content (AvgIpc) is 3.92. The molecule has 330 valence electrons. The second-order valence-electron chi connectivity index (χ2n) is 14.4. The van der Waals surface area contributed by atoms with Crippen molar-refractivity contribution < 1.29 is 41.7 Å². The summed E-state index contributed by atoms with van der Waals surface area (Å²) in [6, 6.07) is 10.7. The Morgan fingerprint density at radius 3 is 1.53 bits per heavy atom. The number of nitrogens with two attached hydrogens (primary N) is 1. The van der Waals surface area contributed by atoms with E-state index in [2.05, 4.69) is 30.6 Å². The predicted octanol–water partition coefficient (Wildman–Crippen LogP) is 6.77. The smallest absolute Gasteiger partial charge is 0.407 e. The number of nitrogens with one attached hydrogen (secondary N) is 3. The van der Waals surface area contributed by atoms with Gasteiger partial charge in [0.15, 0.2) is 11.3 Å². The van der Waals surface area contributed by atoms with Crippen LogP contribution in [-0.2, 0) is 49.2 Å². The van der Waals surface area contributed by atoms with Crippen molar-refractivity contribution in [1.29, 1.82) is 0 Å². The van der Waals surface area contributed by atoms with E-state index in [-0.39, 0.29) is 11.9 Å². The molecule has 60 heavy (non-hydrogen) atoms. The second-order valence-corrected chi connectivity index (χ2v) is 18.9. The number of hydrogen-bond acceptors (Lipinski definition) is 12. The number of alkyl halides is 3. The molecular weight excluding hydrogens is 865 g/mol.